The molecule has 0 heterocycles. The van der Waals surface area contributed by atoms with Crippen molar-refractivity contribution in [2.24, 2.45) is 0 Å². The number of nitrogens with one attached hydrogen (secondary N) is 1. The monoisotopic (exact) mass is 209 g/mol. The summed E-state index contributed by atoms with van der Waals surface area (Å²) >= 11 is 0. The van der Waals surface area contributed by atoms with Crippen LogP contribution in [0.15, 0.2) is 0 Å². The second-order valence-corrected chi connectivity index (χ2v) is 3.39. The Kier molecular flexibility index (Phi) is 7.01. The third kappa shape index (κ3) is 6.27. The van der Waals surface area contributed by atoms with Crippen molar-refractivity contribution in [2.75, 3.05) is 19.7 Å². The van der Waals surface area contributed by atoms with E-state index in [9.17, 15) is 8.78 Å². The van der Waals surface area contributed by atoms with E-state index in [0.29, 0.717) is 6.54 Å². The van der Waals surface area contributed by atoms with Crippen LogP contribution in [0.1, 0.15) is 33.6 Å². The highest BCUT2D eigenvalue weighted by Crippen LogP contribution is 2.15. The zero-order chi connectivity index (χ0) is 11.0. The van der Waals surface area contributed by atoms with Gasteiger partial charge in [-0.25, -0.2) is 8.78 Å². The molecular formula is C10H21F2NO. The molecule has 0 aromatic heterocycles. The predicted octanol–water partition coefficient (Wildman–Crippen LogP) is 2.44. The Morgan fingerprint density at radius 1 is 1.21 bits per heavy atom. The minimum Gasteiger partial charge on any atom is -0.372 e. The van der Waals surface area contributed by atoms with Gasteiger partial charge in [0, 0.05) is 0 Å². The SMILES string of the molecule is CCNCC(F)(F)COC(CC)CC. The summed E-state index contributed by atoms with van der Waals surface area (Å²) in [7, 11) is 0. The Morgan fingerprint density at radius 3 is 2.21 bits per heavy atom. The van der Waals surface area contributed by atoms with Gasteiger partial charge in [-0.1, -0.05) is 20.8 Å². The van der Waals surface area contributed by atoms with Gasteiger partial charge in [-0.15, -0.1) is 0 Å². The molecule has 0 aromatic carbocycles. The lowest BCUT2D eigenvalue weighted by molar-refractivity contribution is -0.0979. The number of alkyl halides is 2. The van der Waals surface area contributed by atoms with Crippen molar-refractivity contribution < 1.29 is 13.5 Å². The van der Waals surface area contributed by atoms with E-state index in [-0.39, 0.29) is 12.6 Å². The molecule has 0 spiro atoms. The fraction of sp³-hybridized carbons (Fsp3) is 1.00. The molecule has 0 fully saturated rings. The molecule has 0 amide bonds. The Labute approximate surface area is 85.0 Å². The van der Waals surface area contributed by atoms with Crippen LogP contribution >= 0.6 is 0 Å². The molecule has 2 nitrogen and oxygen atoms in total. The third-order valence-corrected chi connectivity index (χ3v) is 2.07. The molecule has 0 saturated carbocycles. The molecule has 0 bridgehead atoms. The normalized spacial score (nSPS) is 12.4. The van der Waals surface area contributed by atoms with E-state index < -0.39 is 12.5 Å². The highest BCUT2D eigenvalue weighted by molar-refractivity contribution is 4.69. The number of halogens is 2. The summed E-state index contributed by atoms with van der Waals surface area (Å²) in [6.45, 7) is 5.46. The Hall–Kier alpha value is -0.220. The van der Waals surface area contributed by atoms with Crippen molar-refractivity contribution >= 4 is 0 Å². The second kappa shape index (κ2) is 7.12. The minimum absolute atomic E-state index is 0.0394. The summed E-state index contributed by atoms with van der Waals surface area (Å²) in [6, 6.07) is 0. The van der Waals surface area contributed by atoms with Crippen molar-refractivity contribution in [2.45, 2.75) is 45.6 Å². The fourth-order valence-electron chi connectivity index (χ4n) is 1.12. The molecule has 0 radical (unpaired) electrons. The molecule has 0 unspecified atom stereocenters. The van der Waals surface area contributed by atoms with Crippen LogP contribution < -0.4 is 5.32 Å². The fourth-order valence-corrected chi connectivity index (χ4v) is 1.12. The van der Waals surface area contributed by atoms with Crippen LogP contribution in [0.2, 0.25) is 0 Å². The first-order valence-corrected chi connectivity index (χ1v) is 5.25. The number of ether oxygens (including phenoxy) is 1. The lowest BCUT2D eigenvalue weighted by Gasteiger charge is -2.20. The van der Waals surface area contributed by atoms with Crippen molar-refractivity contribution in [1.29, 1.82) is 0 Å². The average molecular weight is 209 g/mol. The van der Waals surface area contributed by atoms with Gasteiger partial charge in [-0.2, -0.15) is 0 Å². The van der Waals surface area contributed by atoms with E-state index in [4.69, 9.17) is 4.74 Å². The van der Waals surface area contributed by atoms with Crippen LogP contribution in [-0.2, 0) is 4.74 Å². The molecule has 4 heteroatoms. The molecule has 0 rings (SSSR count). The van der Waals surface area contributed by atoms with Crippen LogP contribution in [0.4, 0.5) is 8.78 Å². The second-order valence-electron chi connectivity index (χ2n) is 3.39. The van der Waals surface area contributed by atoms with Gasteiger partial charge in [0.05, 0.1) is 12.6 Å². The zero-order valence-corrected chi connectivity index (χ0v) is 9.28. The van der Waals surface area contributed by atoms with Gasteiger partial charge in [0.15, 0.2) is 0 Å². The lowest BCUT2D eigenvalue weighted by Crippen LogP contribution is -2.37. The van der Waals surface area contributed by atoms with Gasteiger partial charge in [0.2, 0.25) is 0 Å². The molecule has 0 aliphatic rings. The Bertz CT molecular complexity index is 138. The summed E-state index contributed by atoms with van der Waals surface area (Å²) in [6.07, 6.45) is 1.53. The van der Waals surface area contributed by atoms with E-state index in [0.717, 1.165) is 12.8 Å². The van der Waals surface area contributed by atoms with E-state index in [1.807, 2.05) is 13.8 Å². The topological polar surface area (TPSA) is 21.3 Å². The van der Waals surface area contributed by atoms with Crippen molar-refractivity contribution in [3.63, 3.8) is 0 Å². The van der Waals surface area contributed by atoms with Gasteiger partial charge < -0.3 is 10.1 Å². The van der Waals surface area contributed by atoms with Crippen molar-refractivity contribution in [3.8, 4) is 0 Å². The van der Waals surface area contributed by atoms with Crippen LogP contribution in [0.5, 0.6) is 0 Å². The maximum absolute atomic E-state index is 13.1. The van der Waals surface area contributed by atoms with Gasteiger partial charge >= 0.3 is 0 Å². The van der Waals surface area contributed by atoms with Crippen LogP contribution in [0.25, 0.3) is 0 Å². The van der Waals surface area contributed by atoms with Gasteiger partial charge in [-0.05, 0) is 19.4 Å². The molecule has 0 atom stereocenters. The molecule has 0 saturated heterocycles. The Balaban J connectivity index is 3.72. The number of rotatable bonds is 8. The number of hydrogen-bond acceptors (Lipinski definition) is 2. The first-order valence-electron chi connectivity index (χ1n) is 5.25. The molecule has 0 aliphatic carbocycles. The summed E-state index contributed by atoms with van der Waals surface area (Å²) in [5, 5.41) is 2.62. The quantitative estimate of drug-likeness (QED) is 0.663. The molecule has 0 aromatic rings. The van der Waals surface area contributed by atoms with Crippen molar-refractivity contribution in [3.05, 3.63) is 0 Å². The summed E-state index contributed by atoms with van der Waals surface area (Å²) in [4.78, 5) is 0. The van der Waals surface area contributed by atoms with E-state index in [2.05, 4.69) is 5.32 Å². The van der Waals surface area contributed by atoms with E-state index in [1.165, 1.54) is 0 Å². The first kappa shape index (κ1) is 13.8. The van der Waals surface area contributed by atoms with Crippen molar-refractivity contribution in [1.82, 2.24) is 5.32 Å². The maximum Gasteiger partial charge on any atom is 0.283 e. The molecule has 1 N–H and O–H groups in total. The molecule has 14 heavy (non-hydrogen) atoms. The lowest BCUT2D eigenvalue weighted by atomic mass is 10.2. The zero-order valence-electron chi connectivity index (χ0n) is 9.28. The molecule has 86 valence electrons. The molecule has 0 aliphatic heterocycles. The third-order valence-electron chi connectivity index (χ3n) is 2.07. The van der Waals surface area contributed by atoms with Gasteiger partial charge in [0.1, 0.15) is 6.61 Å². The summed E-state index contributed by atoms with van der Waals surface area (Å²) in [5.74, 6) is -2.75. The van der Waals surface area contributed by atoms with Gasteiger partial charge in [-0.3, -0.25) is 0 Å². The highest BCUT2D eigenvalue weighted by atomic mass is 19.3. The van der Waals surface area contributed by atoms with E-state index in [1.54, 1.807) is 6.92 Å². The molecular weight excluding hydrogens is 188 g/mol. The minimum atomic E-state index is -2.75. The van der Waals surface area contributed by atoms with E-state index >= 15 is 0 Å². The summed E-state index contributed by atoms with van der Waals surface area (Å²) < 4.78 is 31.2. The van der Waals surface area contributed by atoms with Gasteiger partial charge in [0.25, 0.3) is 5.92 Å². The smallest absolute Gasteiger partial charge is 0.283 e. The Morgan fingerprint density at radius 2 is 1.79 bits per heavy atom. The summed E-state index contributed by atoms with van der Waals surface area (Å²) in [5.41, 5.74) is 0. The van der Waals surface area contributed by atoms with Crippen LogP contribution in [-0.4, -0.2) is 31.7 Å². The predicted molar refractivity (Wildman–Crippen MR) is 53.8 cm³/mol. The van der Waals surface area contributed by atoms with Crippen LogP contribution in [0.3, 0.4) is 0 Å². The maximum atomic E-state index is 13.1. The highest BCUT2D eigenvalue weighted by Gasteiger charge is 2.29. The number of hydrogen-bond donors (Lipinski definition) is 1. The average Bonchev–Trinajstić information content (AvgIpc) is 2.16. The van der Waals surface area contributed by atoms with Crippen LogP contribution in [0, 0.1) is 0 Å². The largest absolute Gasteiger partial charge is 0.372 e. The first-order chi connectivity index (χ1) is 6.55. The standard InChI is InChI=1S/C10H21F2NO/c1-4-9(5-2)14-8-10(11,12)7-13-6-3/h9,13H,4-8H2,1-3H3.